The van der Waals surface area contributed by atoms with E-state index in [-0.39, 0.29) is 12.5 Å². The van der Waals surface area contributed by atoms with Crippen molar-refractivity contribution in [3.8, 4) is 5.69 Å². The molecule has 0 fully saturated rings. The van der Waals surface area contributed by atoms with Gasteiger partial charge in [0.25, 0.3) is 5.91 Å². The maximum atomic E-state index is 13.0. The van der Waals surface area contributed by atoms with E-state index >= 15 is 0 Å². The lowest BCUT2D eigenvalue weighted by Gasteiger charge is -2.24. The van der Waals surface area contributed by atoms with Crippen molar-refractivity contribution in [1.29, 1.82) is 0 Å². The fourth-order valence-electron chi connectivity index (χ4n) is 4.00. The van der Waals surface area contributed by atoms with Crippen LogP contribution in [-0.2, 0) is 13.0 Å². The zero-order valence-electron chi connectivity index (χ0n) is 19.7. The lowest BCUT2D eigenvalue weighted by atomic mass is 9.97. The van der Waals surface area contributed by atoms with Gasteiger partial charge in [-0.3, -0.25) is 9.20 Å². The fourth-order valence-corrected chi connectivity index (χ4v) is 4.00. The number of benzene rings is 1. The highest BCUT2D eigenvalue weighted by Gasteiger charge is 2.19. The predicted molar refractivity (Wildman–Crippen MR) is 133 cm³/mol. The molecule has 0 aliphatic rings. The van der Waals surface area contributed by atoms with Crippen molar-refractivity contribution < 1.29 is 14.7 Å². The first kappa shape index (κ1) is 24.0. The molecule has 0 unspecified atom stereocenters. The summed E-state index contributed by atoms with van der Waals surface area (Å²) in [5.74, 6) is -0.278. The Morgan fingerprint density at radius 1 is 1.17 bits per heavy atom. The zero-order chi connectivity index (χ0) is 25.0. The van der Waals surface area contributed by atoms with Gasteiger partial charge in [-0.2, -0.15) is 0 Å². The Kier molecular flexibility index (Phi) is 6.83. The Balaban J connectivity index is 1.47. The predicted octanol–water partition coefficient (Wildman–Crippen LogP) is 3.60. The van der Waals surface area contributed by atoms with Crippen molar-refractivity contribution in [3.63, 3.8) is 0 Å². The molecule has 10 heteroatoms. The standard InChI is InChI=1S/C25H29N7O3/c1-25(2,30-24(34)35)10-5-6-18-15-31(16-28-18)19-9-8-17(13-26)20(12-19)29-23(33)21-14-27-22-7-3-4-11-32(21)22/h3-4,7-9,11-12,14-16,30H,5-6,10,13,26H2,1-2H3,(H,29,33)(H,34,35). The fraction of sp³-hybridized carbons (Fsp3) is 0.280. The number of carboxylic acid groups (broad SMARTS) is 1. The second-order valence-corrected chi connectivity index (χ2v) is 9.01. The first-order valence-electron chi connectivity index (χ1n) is 11.4. The van der Waals surface area contributed by atoms with Gasteiger partial charge >= 0.3 is 6.09 Å². The summed E-state index contributed by atoms with van der Waals surface area (Å²) >= 11 is 0. The van der Waals surface area contributed by atoms with Gasteiger partial charge in [0, 0.05) is 35.9 Å². The van der Waals surface area contributed by atoms with E-state index in [1.54, 1.807) is 23.1 Å². The van der Waals surface area contributed by atoms with Crippen molar-refractivity contribution >= 4 is 23.3 Å². The summed E-state index contributed by atoms with van der Waals surface area (Å²) in [6, 6.07) is 11.2. The smallest absolute Gasteiger partial charge is 0.405 e. The molecule has 0 bridgehead atoms. The molecule has 0 atom stereocenters. The van der Waals surface area contributed by atoms with Crippen molar-refractivity contribution in [3.05, 3.63) is 78.3 Å². The summed E-state index contributed by atoms with van der Waals surface area (Å²) < 4.78 is 3.62. The minimum Gasteiger partial charge on any atom is -0.465 e. The molecule has 0 aliphatic carbocycles. The number of aryl methyl sites for hydroxylation is 1. The molecule has 0 saturated carbocycles. The van der Waals surface area contributed by atoms with Crippen molar-refractivity contribution in [2.24, 2.45) is 5.73 Å². The third-order valence-electron chi connectivity index (χ3n) is 5.83. The number of anilines is 1. The molecule has 182 valence electrons. The summed E-state index contributed by atoms with van der Waals surface area (Å²) in [5.41, 5.74) is 9.71. The number of nitrogens with zero attached hydrogens (tertiary/aromatic N) is 4. The van der Waals surface area contributed by atoms with Gasteiger partial charge < -0.3 is 26.0 Å². The topological polar surface area (TPSA) is 140 Å². The molecule has 10 nitrogen and oxygen atoms in total. The van der Waals surface area contributed by atoms with Gasteiger partial charge in [0.2, 0.25) is 0 Å². The van der Waals surface area contributed by atoms with E-state index in [0.29, 0.717) is 23.4 Å². The summed E-state index contributed by atoms with van der Waals surface area (Å²) in [7, 11) is 0. The van der Waals surface area contributed by atoms with Crippen LogP contribution in [-0.4, -0.2) is 41.6 Å². The number of hydrogen-bond acceptors (Lipinski definition) is 5. The van der Waals surface area contributed by atoms with Gasteiger partial charge in [0.05, 0.1) is 18.2 Å². The molecular formula is C25H29N7O3. The molecule has 3 heterocycles. The molecule has 3 aromatic heterocycles. The Morgan fingerprint density at radius 2 is 2.00 bits per heavy atom. The van der Waals surface area contributed by atoms with Crippen molar-refractivity contribution in [1.82, 2.24) is 24.3 Å². The van der Waals surface area contributed by atoms with Crippen LogP contribution in [0.25, 0.3) is 11.3 Å². The van der Waals surface area contributed by atoms with Crippen LogP contribution in [0.1, 0.15) is 48.4 Å². The van der Waals surface area contributed by atoms with Crippen molar-refractivity contribution in [2.75, 3.05) is 5.32 Å². The molecule has 1 aromatic carbocycles. The molecule has 4 rings (SSSR count). The van der Waals surface area contributed by atoms with Crippen LogP contribution in [0.4, 0.5) is 10.5 Å². The molecular weight excluding hydrogens is 446 g/mol. The summed E-state index contributed by atoms with van der Waals surface area (Å²) in [4.78, 5) is 32.7. The SMILES string of the molecule is CC(C)(CCCc1cn(-c2ccc(CN)c(NC(=O)c3cnc4ccccn34)c2)cn1)NC(=O)O. The number of amides is 2. The van der Waals surface area contributed by atoms with E-state index in [1.165, 1.54) is 0 Å². The Bertz CT molecular complexity index is 1360. The molecule has 35 heavy (non-hydrogen) atoms. The summed E-state index contributed by atoms with van der Waals surface area (Å²) in [5, 5.41) is 14.4. The van der Waals surface area contributed by atoms with Crippen LogP contribution in [0.5, 0.6) is 0 Å². The minimum atomic E-state index is -1.02. The second-order valence-electron chi connectivity index (χ2n) is 9.01. The lowest BCUT2D eigenvalue weighted by molar-refractivity contribution is 0.102. The highest BCUT2D eigenvalue weighted by molar-refractivity contribution is 6.04. The van der Waals surface area contributed by atoms with E-state index in [1.807, 2.05) is 61.0 Å². The number of hydrogen-bond donors (Lipinski definition) is 4. The lowest BCUT2D eigenvalue weighted by Crippen LogP contribution is -2.42. The van der Waals surface area contributed by atoms with E-state index in [9.17, 15) is 9.59 Å². The monoisotopic (exact) mass is 475 g/mol. The first-order chi connectivity index (χ1) is 16.8. The number of nitrogens with two attached hydrogens (primary N) is 1. The average Bonchev–Trinajstić information content (AvgIpc) is 3.45. The normalized spacial score (nSPS) is 11.5. The maximum absolute atomic E-state index is 13.0. The number of imidazole rings is 2. The Labute approximate surface area is 202 Å². The van der Waals surface area contributed by atoms with Crippen LogP contribution >= 0.6 is 0 Å². The highest BCUT2D eigenvalue weighted by atomic mass is 16.4. The van der Waals surface area contributed by atoms with E-state index in [0.717, 1.165) is 29.8 Å². The molecule has 5 N–H and O–H groups in total. The number of fused-ring (bicyclic) bond motifs is 1. The molecule has 4 aromatic rings. The number of nitrogens with one attached hydrogen (secondary N) is 2. The zero-order valence-corrected chi connectivity index (χ0v) is 19.7. The van der Waals surface area contributed by atoms with Gasteiger partial charge in [0.1, 0.15) is 11.3 Å². The van der Waals surface area contributed by atoms with E-state index < -0.39 is 11.6 Å². The minimum absolute atomic E-state index is 0.276. The van der Waals surface area contributed by atoms with Crippen LogP contribution in [0.15, 0.2) is 61.3 Å². The summed E-state index contributed by atoms with van der Waals surface area (Å²) in [6.07, 6.45) is 8.18. The number of aromatic nitrogens is 4. The highest BCUT2D eigenvalue weighted by Crippen LogP contribution is 2.22. The van der Waals surface area contributed by atoms with Crippen LogP contribution in [0.2, 0.25) is 0 Å². The van der Waals surface area contributed by atoms with Gasteiger partial charge in [-0.25, -0.2) is 14.8 Å². The Morgan fingerprint density at radius 3 is 2.77 bits per heavy atom. The molecule has 2 amide bonds. The largest absolute Gasteiger partial charge is 0.465 e. The third kappa shape index (κ3) is 5.67. The Hall–Kier alpha value is -4.18. The third-order valence-corrected chi connectivity index (χ3v) is 5.83. The number of carbonyl (C=O) groups is 2. The van der Waals surface area contributed by atoms with E-state index in [4.69, 9.17) is 10.8 Å². The van der Waals surface area contributed by atoms with Crippen LogP contribution in [0.3, 0.4) is 0 Å². The quantitative estimate of drug-likeness (QED) is 0.292. The van der Waals surface area contributed by atoms with Crippen LogP contribution < -0.4 is 16.4 Å². The number of pyridine rings is 1. The maximum Gasteiger partial charge on any atom is 0.405 e. The van der Waals surface area contributed by atoms with Gasteiger partial charge in [-0.1, -0.05) is 12.1 Å². The average molecular weight is 476 g/mol. The molecule has 0 spiro atoms. The molecule has 0 radical (unpaired) electrons. The van der Waals surface area contributed by atoms with Gasteiger partial charge in [0.15, 0.2) is 0 Å². The van der Waals surface area contributed by atoms with Gasteiger partial charge in [-0.15, -0.1) is 0 Å². The van der Waals surface area contributed by atoms with Crippen molar-refractivity contribution in [2.45, 2.75) is 45.2 Å². The first-order valence-corrected chi connectivity index (χ1v) is 11.4. The number of rotatable bonds is 9. The van der Waals surface area contributed by atoms with Crippen LogP contribution in [0, 0.1) is 0 Å². The van der Waals surface area contributed by atoms with E-state index in [2.05, 4.69) is 20.6 Å². The summed E-state index contributed by atoms with van der Waals surface area (Å²) in [6.45, 7) is 4.00. The van der Waals surface area contributed by atoms with Gasteiger partial charge in [-0.05, 0) is 62.9 Å². The second kappa shape index (κ2) is 9.98. The molecule has 0 aliphatic heterocycles. The number of carbonyl (C=O) groups excluding carboxylic acids is 1. The molecule has 0 saturated heterocycles.